The zero-order valence-electron chi connectivity index (χ0n) is 19.3. The number of hydrogen-bond acceptors (Lipinski definition) is 5. The summed E-state index contributed by atoms with van der Waals surface area (Å²) in [5.41, 5.74) is -2.32. The Morgan fingerprint density at radius 1 is 1.22 bits per heavy atom. The second-order valence-electron chi connectivity index (χ2n) is 8.10. The fourth-order valence-corrected chi connectivity index (χ4v) is 3.98. The Bertz CT molecular complexity index is 1220. The maximum absolute atomic E-state index is 13.7. The Morgan fingerprint density at radius 3 is 2.43 bits per heavy atom. The molecular weight excluding hydrogens is 537 g/mol. The van der Waals surface area contributed by atoms with E-state index in [1.165, 1.54) is 24.3 Å². The molecule has 0 aliphatic carbocycles. The topological polar surface area (TPSA) is 76.5 Å². The lowest BCUT2D eigenvalue weighted by atomic mass is 10.1. The molecule has 7 nitrogen and oxygen atoms in total. The van der Waals surface area contributed by atoms with Gasteiger partial charge in [0.25, 0.3) is 0 Å². The lowest BCUT2D eigenvalue weighted by molar-refractivity contribution is -0.152. The predicted molar refractivity (Wildman–Crippen MR) is 119 cm³/mol. The van der Waals surface area contributed by atoms with Crippen molar-refractivity contribution < 1.29 is 45.1 Å². The minimum absolute atomic E-state index is 0.0825. The molecule has 15 heteroatoms. The monoisotopic (exact) mass is 556 g/mol. The molecule has 1 aliphatic heterocycles. The number of alkyl halides is 6. The van der Waals surface area contributed by atoms with Gasteiger partial charge in [-0.25, -0.2) is 9.18 Å². The van der Waals surface area contributed by atoms with Gasteiger partial charge in [0, 0.05) is 12.2 Å². The lowest BCUT2D eigenvalue weighted by Crippen LogP contribution is -2.32. The van der Waals surface area contributed by atoms with E-state index in [4.69, 9.17) is 11.6 Å². The van der Waals surface area contributed by atoms with E-state index in [0.29, 0.717) is 18.7 Å². The van der Waals surface area contributed by atoms with Crippen molar-refractivity contribution >= 4 is 34.9 Å². The smallest absolute Gasteiger partial charge is 0.436 e. The van der Waals surface area contributed by atoms with Crippen LogP contribution >= 0.6 is 11.6 Å². The quantitative estimate of drug-likeness (QED) is 0.357. The van der Waals surface area contributed by atoms with Crippen LogP contribution in [0.4, 0.5) is 42.1 Å². The van der Waals surface area contributed by atoms with Crippen molar-refractivity contribution in [2.24, 2.45) is 0 Å². The van der Waals surface area contributed by atoms with E-state index in [1.807, 2.05) is 0 Å². The SMILES string of the molecule is COC(=O)c1cc(N2CCC=C(F)C2)ccc1NC(=O)[C@H](CC(F)(F)F)n1nc(C(F)(F)F)c(Cl)c1C. The molecule has 2 heterocycles. The average Bonchev–Trinajstić information content (AvgIpc) is 3.11. The normalized spacial score (nSPS) is 15.3. The molecule has 1 aromatic carbocycles. The number of ether oxygens (including phenoxy) is 1. The third-order valence-corrected chi connectivity index (χ3v) is 5.96. The number of nitrogens with one attached hydrogen (secondary N) is 1. The average molecular weight is 557 g/mol. The first-order valence-corrected chi connectivity index (χ1v) is 11.0. The Morgan fingerprint density at radius 2 is 1.89 bits per heavy atom. The van der Waals surface area contributed by atoms with Crippen LogP contribution in [0, 0.1) is 6.92 Å². The number of rotatable bonds is 6. The Balaban J connectivity index is 2.00. The number of carbonyl (C=O) groups excluding carboxylic acids is 2. The van der Waals surface area contributed by atoms with Gasteiger partial charge in [-0.05, 0) is 37.6 Å². The number of esters is 1. The van der Waals surface area contributed by atoms with Gasteiger partial charge in [-0.2, -0.15) is 31.4 Å². The summed E-state index contributed by atoms with van der Waals surface area (Å²) in [5, 5.41) is 4.35. The van der Waals surface area contributed by atoms with Crippen molar-refractivity contribution in [1.82, 2.24) is 9.78 Å². The van der Waals surface area contributed by atoms with Gasteiger partial charge in [0.2, 0.25) is 5.91 Å². The highest BCUT2D eigenvalue weighted by molar-refractivity contribution is 6.32. The van der Waals surface area contributed by atoms with Crippen molar-refractivity contribution in [3.63, 3.8) is 0 Å². The van der Waals surface area contributed by atoms with Crippen LogP contribution < -0.4 is 10.2 Å². The van der Waals surface area contributed by atoms with Gasteiger partial charge >= 0.3 is 18.3 Å². The maximum Gasteiger partial charge on any atom is 0.436 e. The standard InChI is InChI=1S/C22H20ClF7N4O3/c1-11-17(23)18(22(28,29)30)32-34(11)16(9-21(25,26)27)19(35)31-15-6-5-13(8-14(15)20(36)37-2)33-7-3-4-12(24)10-33/h4-6,8,16H,3,7,9-10H2,1-2H3,(H,31,35)/t16-/m0/s1. The Hall–Kier alpha value is -3.29. The molecule has 1 aliphatic rings. The molecule has 1 aromatic heterocycles. The van der Waals surface area contributed by atoms with Gasteiger partial charge in [-0.15, -0.1) is 0 Å². The number of carbonyl (C=O) groups is 2. The van der Waals surface area contributed by atoms with E-state index in [9.17, 15) is 40.3 Å². The molecule has 0 saturated carbocycles. The Kier molecular flexibility index (Phi) is 8.10. The van der Waals surface area contributed by atoms with Crippen molar-refractivity contribution in [3.05, 3.63) is 52.1 Å². The van der Waals surface area contributed by atoms with E-state index >= 15 is 0 Å². The summed E-state index contributed by atoms with van der Waals surface area (Å²) in [6, 6.07) is 1.57. The molecule has 0 radical (unpaired) electrons. The maximum atomic E-state index is 13.7. The fraction of sp³-hybridized carbons (Fsp3) is 0.409. The summed E-state index contributed by atoms with van der Waals surface area (Å²) in [7, 11) is 1.03. The first-order valence-electron chi connectivity index (χ1n) is 10.6. The number of methoxy groups -OCH3 is 1. The van der Waals surface area contributed by atoms with Crippen LogP contribution in [-0.2, 0) is 15.7 Å². The summed E-state index contributed by atoms with van der Waals surface area (Å²) in [5.74, 6) is -2.77. The third-order valence-electron chi connectivity index (χ3n) is 5.51. The molecule has 0 unspecified atom stereocenters. The highest BCUT2D eigenvalue weighted by atomic mass is 35.5. The summed E-state index contributed by atoms with van der Waals surface area (Å²) >= 11 is 5.65. The van der Waals surface area contributed by atoms with Gasteiger partial charge in [-0.3, -0.25) is 9.48 Å². The van der Waals surface area contributed by atoms with Gasteiger partial charge in [0.1, 0.15) is 11.9 Å². The van der Waals surface area contributed by atoms with Crippen molar-refractivity contribution in [2.75, 3.05) is 30.4 Å². The molecule has 1 N–H and O–H groups in total. The van der Waals surface area contributed by atoms with E-state index < -0.39 is 58.9 Å². The molecule has 0 fully saturated rings. The minimum Gasteiger partial charge on any atom is -0.465 e. The predicted octanol–water partition coefficient (Wildman–Crippen LogP) is 5.85. The molecular formula is C22H20ClF7N4O3. The van der Waals surface area contributed by atoms with Crippen LogP contribution in [0.1, 0.15) is 40.6 Å². The van der Waals surface area contributed by atoms with Crippen molar-refractivity contribution in [2.45, 2.75) is 38.2 Å². The van der Waals surface area contributed by atoms with Gasteiger partial charge in [-0.1, -0.05) is 11.6 Å². The summed E-state index contributed by atoms with van der Waals surface area (Å²) < 4.78 is 98.3. The second-order valence-corrected chi connectivity index (χ2v) is 8.48. The number of anilines is 2. The molecule has 3 rings (SSSR count). The largest absolute Gasteiger partial charge is 0.465 e. The number of halogens is 8. The minimum atomic E-state index is -5.08. The first kappa shape index (κ1) is 28.3. The van der Waals surface area contributed by atoms with Gasteiger partial charge < -0.3 is 15.0 Å². The summed E-state index contributed by atoms with van der Waals surface area (Å²) in [6.45, 7) is 1.32. The number of benzene rings is 1. The molecule has 202 valence electrons. The van der Waals surface area contributed by atoms with E-state index in [1.54, 1.807) is 4.90 Å². The van der Waals surface area contributed by atoms with Crippen LogP contribution in [-0.4, -0.2) is 48.0 Å². The number of hydrogen-bond donors (Lipinski definition) is 1. The lowest BCUT2D eigenvalue weighted by Gasteiger charge is -2.27. The van der Waals surface area contributed by atoms with Crippen LogP contribution in [0.3, 0.4) is 0 Å². The Labute approximate surface area is 210 Å². The summed E-state index contributed by atoms with van der Waals surface area (Å²) in [4.78, 5) is 27.0. The molecule has 1 amide bonds. The van der Waals surface area contributed by atoms with Crippen LogP contribution in [0.15, 0.2) is 30.1 Å². The molecule has 2 aromatic rings. The molecule has 1 atom stereocenters. The summed E-state index contributed by atoms with van der Waals surface area (Å²) in [6.07, 6.45) is -10.1. The highest BCUT2D eigenvalue weighted by Crippen LogP contribution is 2.38. The van der Waals surface area contributed by atoms with Crippen LogP contribution in [0.25, 0.3) is 0 Å². The zero-order chi connectivity index (χ0) is 27.7. The van der Waals surface area contributed by atoms with Crippen molar-refractivity contribution in [3.8, 4) is 0 Å². The third kappa shape index (κ3) is 6.53. The van der Waals surface area contributed by atoms with Crippen molar-refractivity contribution in [1.29, 1.82) is 0 Å². The molecule has 0 saturated heterocycles. The molecule has 0 bridgehead atoms. The van der Waals surface area contributed by atoms with Gasteiger partial charge in [0.05, 0.1) is 42.0 Å². The second kappa shape index (κ2) is 10.6. The zero-order valence-corrected chi connectivity index (χ0v) is 20.1. The molecule has 37 heavy (non-hydrogen) atoms. The number of nitrogens with zero attached hydrogens (tertiary/aromatic N) is 3. The van der Waals surface area contributed by atoms with E-state index in [-0.39, 0.29) is 22.5 Å². The number of aromatic nitrogens is 2. The first-order chi connectivity index (χ1) is 17.1. The molecule has 0 spiro atoms. The van der Waals surface area contributed by atoms with Gasteiger partial charge in [0.15, 0.2) is 5.69 Å². The van der Waals surface area contributed by atoms with Crippen LogP contribution in [0.2, 0.25) is 5.02 Å². The fourth-order valence-electron chi connectivity index (χ4n) is 3.75. The highest BCUT2D eigenvalue weighted by Gasteiger charge is 2.43. The van der Waals surface area contributed by atoms with E-state index in [2.05, 4.69) is 15.2 Å². The van der Waals surface area contributed by atoms with E-state index in [0.717, 1.165) is 14.0 Å². The number of amides is 1. The van der Waals surface area contributed by atoms with Crippen LogP contribution in [0.5, 0.6) is 0 Å².